The Morgan fingerprint density at radius 1 is 1.36 bits per heavy atom. The Labute approximate surface area is 135 Å². The first-order valence-electron chi connectivity index (χ1n) is 7.68. The topological polar surface area (TPSA) is 61.4 Å². The molecule has 6 heteroatoms. The Morgan fingerprint density at radius 2 is 2.14 bits per heavy atom. The lowest BCUT2D eigenvalue weighted by Crippen LogP contribution is -2.63. The van der Waals surface area contributed by atoms with Gasteiger partial charge in [0.25, 0.3) is 0 Å². The molecule has 2 aliphatic rings. The number of halogens is 1. The molecule has 5 nitrogen and oxygen atoms in total. The molecule has 1 saturated heterocycles. The van der Waals surface area contributed by atoms with Crippen molar-refractivity contribution in [3.8, 4) is 0 Å². The van der Waals surface area contributed by atoms with Gasteiger partial charge in [-0.05, 0) is 31.4 Å². The highest BCUT2D eigenvalue weighted by Gasteiger charge is 2.38. The van der Waals surface area contributed by atoms with Crippen LogP contribution in [0, 0.1) is 6.92 Å². The van der Waals surface area contributed by atoms with Crippen molar-refractivity contribution in [1.82, 2.24) is 10.2 Å². The molecule has 118 valence electrons. The van der Waals surface area contributed by atoms with Crippen LogP contribution in [0.25, 0.3) is 0 Å². The van der Waals surface area contributed by atoms with E-state index in [0.29, 0.717) is 10.7 Å². The van der Waals surface area contributed by atoms with Gasteiger partial charge >= 0.3 is 6.03 Å². The second kappa shape index (κ2) is 6.16. The summed E-state index contributed by atoms with van der Waals surface area (Å²) in [6, 6.07) is 5.42. The number of carbonyl (C=O) groups is 2. The van der Waals surface area contributed by atoms with Crippen LogP contribution in [0.1, 0.15) is 31.2 Å². The number of hydrogen-bond donors (Lipinski definition) is 2. The maximum Gasteiger partial charge on any atom is 0.322 e. The predicted octanol–water partition coefficient (Wildman–Crippen LogP) is 2.92. The Morgan fingerprint density at radius 3 is 2.95 bits per heavy atom. The zero-order chi connectivity index (χ0) is 15.7. The molecule has 0 unspecified atom stereocenters. The van der Waals surface area contributed by atoms with E-state index < -0.39 is 0 Å². The number of carbonyl (C=O) groups excluding carboxylic acids is 2. The van der Waals surface area contributed by atoms with E-state index in [1.54, 1.807) is 11.0 Å². The van der Waals surface area contributed by atoms with Gasteiger partial charge in [-0.2, -0.15) is 0 Å². The molecule has 22 heavy (non-hydrogen) atoms. The van der Waals surface area contributed by atoms with Gasteiger partial charge in [0.1, 0.15) is 6.54 Å². The Kier molecular flexibility index (Phi) is 4.25. The SMILES string of the molecule is Cc1cccc(NC(=O)N2CC(=O)N[C@@H]3CCCC[C@H]32)c1Cl. The average molecular weight is 322 g/mol. The third kappa shape index (κ3) is 2.90. The lowest BCUT2D eigenvalue weighted by atomic mass is 9.87. The van der Waals surface area contributed by atoms with E-state index in [4.69, 9.17) is 11.6 Å². The zero-order valence-corrected chi connectivity index (χ0v) is 13.3. The fraction of sp³-hybridized carbons (Fsp3) is 0.500. The van der Waals surface area contributed by atoms with Crippen LogP contribution < -0.4 is 10.6 Å². The summed E-state index contributed by atoms with van der Waals surface area (Å²) in [7, 11) is 0. The van der Waals surface area contributed by atoms with E-state index in [9.17, 15) is 9.59 Å². The van der Waals surface area contributed by atoms with Gasteiger partial charge in [0.05, 0.1) is 16.8 Å². The van der Waals surface area contributed by atoms with Crippen LogP contribution in [0.4, 0.5) is 10.5 Å². The maximum absolute atomic E-state index is 12.6. The molecular weight excluding hydrogens is 302 g/mol. The van der Waals surface area contributed by atoms with E-state index >= 15 is 0 Å². The van der Waals surface area contributed by atoms with Crippen molar-refractivity contribution < 1.29 is 9.59 Å². The molecule has 3 rings (SSSR count). The largest absolute Gasteiger partial charge is 0.350 e. The van der Waals surface area contributed by atoms with Gasteiger partial charge in [0.15, 0.2) is 0 Å². The molecule has 0 bridgehead atoms. The molecule has 1 aliphatic heterocycles. The maximum atomic E-state index is 12.6. The summed E-state index contributed by atoms with van der Waals surface area (Å²) in [5, 5.41) is 6.39. The molecule has 3 amide bonds. The van der Waals surface area contributed by atoms with Crippen molar-refractivity contribution in [3.05, 3.63) is 28.8 Å². The van der Waals surface area contributed by atoms with Gasteiger partial charge in [0.2, 0.25) is 5.91 Å². The van der Waals surface area contributed by atoms with Crippen LogP contribution in [0.2, 0.25) is 5.02 Å². The normalized spacial score (nSPS) is 24.5. The van der Waals surface area contributed by atoms with Gasteiger partial charge in [0, 0.05) is 6.04 Å². The molecule has 2 fully saturated rings. The van der Waals surface area contributed by atoms with E-state index in [-0.39, 0.29) is 30.6 Å². The van der Waals surface area contributed by atoms with Gasteiger partial charge in [-0.3, -0.25) is 4.79 Å². The molecular formula is C16H20ClN3O2. The minimum absolute atomic E-state index is 0.0775. The summed E-state index contributed by atoms with van der Waals surface area (Å²) in [5.74, 6) is -0.0892. The number of rotatable bonds is 1. The van der Waals surface area contributed by atoms with Gasteiger partial charge in [-0.1, -0.05) is 36.6 Å². The summed E-state index contributed by atoms with van der Waals surface area (Å²) in [6.45, 7) is 2.00. The minimum Gasteiger partial charge on any atom is -0.350 e. The lowest BCUT2D eigenvalue weighted by Gasteiger charge is -2.43. The quantitative estimate of drug-likeness (QED) is 0.835. The predicted molar refractivity (Wildman–Crippen MR) is 86.1 cm³/mol. The monoisotopic (exact) mass is 321 g/mol. The summed E-state index contributed by atoms with van der Waals surface area (Å²) in [5.41, 5.74) is 1.50. The van der Waals surface area contributed by atoms with Crippen molar-refractivity contribution in [3.63, 3.8) is 0 Å². The summed E-state index contributed by atoms with van der Waals surface area (Å²) in [4.78, 5) is 26.1. The number of piperazine rings is 1. The smallest absolute Gasteiger partial charge is 0.322 e. The molecule has 0 spiro atoms. The minimum atomic E-state index is -0.251. The van der Waals surface area contributed by atoms with Crippen molar-refractivity contribution in [1.29, 1.82) is 0 Å². The number of nitrogens with one attached hydrogen (secondary N) is 2. The van der Waals surface area contributed by atoms with Gasteiger partial charge in [-0.15, -0.1) is 0 Å². The molecule has 1 aromatic rings. The van der Waals surface area contributed by atoms with E-state index in [0.717, 1.165) is 31.2 Å². The number of anilines is 1. The first-order valence-corrected chi connectivity index (χ1v) is 8.06. The van der Waals surface area contributed by atoms with Crippen LogP contribution >= 0.6 is 11.6 Å². The average Bonchev–Trinajstić information content (AvgIpc) is 2.51. The van der Waals surface area contributed by atoms with Crippen molar-refractivity contribution >= 4 is 29.2 Å². The lowest BCUT2D eigenvalue weighted by molar-refractivity contribution is -0.126. The number of aryl methyl sites for hydroxylation is 1. The highest BCUT2D eigenvalue weighted by Crippen LogP contribution is 2.28. The second-order valence-electron chi connectivity index (χ2n) is 6.02. The number of hydrogen-bond acceptors (Lipinski definition) is 2. The van der Waals surface area contributed by atoms with E-state index in [2.05, 4.69) is 10.6 Å². The highest BCUT2D eigenvalue weighted by molar-refractivity contribution is 6.34. The molecule has 0 radical (unpaired) electrons. The van der Waals surface area contributed by atoms with Crippen LogP contribution in [0.15, 0.2) is 18.2 Å². The van der Waals surface area contributed by atoms with Crippen LogP contribution in [0.5, 0.6) is 0 Å². The molecule has 1 aromatic carbocycles. The molecule has 1 aliphatic carbocycles. The number of benzene rings is 1. The fourth-order valence-corrected chi connectivity index (χ4v) is 3.50. The van der Waals surface area contributed by atoms with E-state index in [1.807, 2.05) is 19.1 Å². The Hall–Kier alpha value is -1.75. The molecule has 1 heterocycles. The Bertz CT molecular complexity index is 605. The molecule has 0 aromatic heterocycles. The molecule has 2 atom stereocenters. The number of amides is 3. The number of fused-ring (bicyclic) bond motifs is 1. The van der Waals surface area contributed by atoms with Crippen molar-refractivity contribution in [2.24, 2.45) is 0 Å². The number of nitrogens with zero attached hydrogens (tertiary/aromatic N) is 1. The third-order valence-corrected chi connectivity index (χ3v) is 4.99. The highest BCUT2D eigenvalue weighted by atomic mass is 35.5. The van der Waals surface area contributed by atoms with Crippen LogP contribution in [0.3, 0.4) is 0 Å². The first-order chi connectivity index (χ1) is 10.6. The zero-order valence-electron chi connectivity index (χ0n) is 12.6. The Balaban J connectivity index is 1.78. The molecule has 2 N–H and O–H groups in total. The third-order valence-electron chi connectivity index (χ3n) is 4.48. The van der Waals surface area contributed by atoms with Crippen molar-refractivity contribution in [2.45, 2.75) is 44.7 Å². The van der Waals surface area contributed by atoms with Gasteiger partial charge in [-0.25, -0.2) is 4.79 Å². The second-order valence-corrected chi connectivity index (χ2v) is 6.40. The molecule has 1 saturated carbocycles. The number of urea groups is 1. The summed E-state index contributed by atoms with van der Waals surface area (Å²) < 4.78 is 0. The summed E-state index contributed by atoms with van der Waals surface area (Å²) in [6.07, 6.45) is 4.05. The fourth-order valence-electron chi connectivity index (χ4n) is 3.33. The van der Waals surface area contributed by atoms with Crippen LogP contribution in [-0.2, 0) is 4.79 Å². The standard InChI is InChI=1S/C16H20ClN3O2/c1-10-5-4-7-12(15(10)17)19-16(22)20-9-14(21)18-11-6-2-3-8-13(11)20/h4-5,7,11,13H,2-3,6,8-9H2,1H3,(H,18,21)(H,19,22)/t11-,13-/m1/s1. The van der Waals surface area contributed by atoms with Gasteiger partial charge < -0.3 is 15.5 Å². The summed E-state index contributed by atoms with van der Waals surface area (Å²) >= 11 is 6.23. The van der Waals surface area contributed by atoms with E-state index in [1.165, 1.54) is 0 Å². The first kappa shape index (κ1) is 15.2. The van der Waals surface area contributed by atoms with Crippen LogP contribution in [-0.4, -0.2) is 35.5 Å². The van der Waals surface area contributed by atoms with Crippen molar-refractivity contribution in [2.75, 3.05) is 11.9 Å².